The zero-order chi connectivity index (χ0) is 49.4. The van der Waals surface area contributed by atoms with Gasteiger partial charge in [0.15, 0.2) is 0 Å². The van der Waals surface area contributed by atoms with Crippen molar-refractivity contribution < 1.29 is 0 Å². The molecule has 6 aromatic heterocycles. The highest BCUT2D eigenvalue weighted by atomic mass is 15.2. The third-order valence-electron chi connectivity index (χ3n) is 14.7. The molecule has 75 heavy (non-hydrogen) atoms. The van der Waals surface area contributed by atoms with Gasteiger partial charge >= 0.3 is 0 Å². The molecule has 0 fully saturated rings. The maximum atomic E-state index is 5.65. The lowest BCUT2D eigenvalue weighted by molar-refractivity contribution is 0.993. The number of rotatable bonds is 8. The van der Waals surface area contributed by atoms with Crippen molar-refractivity contribution in [2.24, 2.45) is 0 Å². The third-order valence-corrected chi connectivity index (χ3v) is 14.7. The number of hydrogen-bond donors (Lipinski definition) is 0. The van der Waals surface area contributed by atoms with Crippen LogP contribution < -0.4 is 0 Å². The molecule has 0 aliphatic heterocycles. The fourth-order valence-corrected chi connectivity index (χ4v) is 11.3. The lowest BCUT2D eigenvalue weighted by Crippen LogP contribution is -2.06. The van der Waals surface area contributed by atoms with E-state index in [-0.39, 0.29) is 0 Å². The van der Waals surface area contributed by atoms with Crippen molar-refractivity contribution in [1.82, 2.24) is 33.6 Å². The Morgan fingerprint density at radius 1 is 0.227 bits per heavy atom. The summed E-state index contributed by atoms with van der Waals surface area (Å²) in [6.45, 7) is 0. The molecule has 0 N–H and O–H groups in total. The third kappa shape index (κ3) is 6.97. The van der Waals surface area contributed by atoms with E-state index in [1.165, 1.54) is 21.9 Å². The summed E-state index contributed by atoms with van der Waals surface area (Å²) in [6, 6.07) is 91.9. The van der Waals surface area contributed by atoms with E-state index in [1.54, 1.807) is 0 Å². The van der Waals surface area contributed by atoms with Gasteiger partial charge in [-0.3, -0.25) is 9.13 Å². The highest BCUT2D eigenvalue weighted by Gasteiger charge is 2.24. The molecule has 15 rings (SSSR count). The van der Waals surface area contributed by atoms with E-state index >= 15 is 0 Å². The molecule has 7 heteroatoms. The molecule has 350 valence electrons. The molecule has 0 saturated heterocycles. The van der Waals surface area contributed by atoms with E-state index in [2.05, 4.69) is 238 Å². The highest BCUT2D eigenvalue weighted by molar-refractivity contribution is 6.23. The minimum atomic E-state index is 0.571. The lowest BCUT2D eigenvalue weighted by Gasteiger charge is -2.14. The van der Waals surface area contributed by atoms with Gasteiger partial charge in [0.25, 0.3) is 0 Å². The Morgan fingerprint density at radius 3 is 1.41 bits per heavy atom. The van der Waals surface area contributed by atoms with E-state index in [9.17, 15) is 0 Å². The van der Waals surface area contributed by atoms with Crippen molar-refractivity contribution in [2.75, 3.05) is 0 Å². The first-order chi connectivity index (χ1) is 37.2. The number of nitrogens with zero attached hydrogens (tertiary/aromatic N) is 7. The summed E-state index contributed by atoms with van der Waals surface area (Å²) in [7, 11) is 0. The van der Waals surface area contributed by atoms with Gasteiger partial charge in [-0.2, -0.15) is 0 Å². The standard InChI is InChI=1S/C68H43N7/c1-5-19-44(20-6-1)47-36-40-63-55(41-47)52-37-35-48(42-64(52)73(63)49-25-11-4-12-26-49)60-43-59(46-23-9-3-10-24-46)71-68(72-60)75-62-33-16-14-28-51(62)54-39-38-53-50-27-13-15-32-61(50)74(66(53)67(54)75)65-34-18-31-58(70-65)57-30-17-29-56(69-57)45-21-7-2-8-22-45/h1-43H. The van der Waals surface area contributed by atoms with Crippen LogP contribution in [0.25, 0.3) is 139 Å². The molecule has 0 saturated carbocycles. The Kier molecular flexibility index (Phi) is 9.75. The van der Waals surface area contributed by atoms with Gasteiger partial charge in [-0.1, -0.05) is 188 Å². The number of hydrogen-bond acceptors (Lipinski definition) is 4. The number of para-hydroxylation sites is 3. The van der Waals surface area contributed by atoms with Crippen molar-refractivity contribution in [3.05, 3.63) is 261 Å². The molecule has 0 aliphatic rings. The summed E-state index contributed by atoms with van der Waals surface area (Å²) in [4.78, 5) is 21.8. The van der Waals surface area contributed by atoms with Gasteiger partial charge in [0.1, 0.15) is 5.82 Å². The van der Waals surface area contributed by atoms with Gasteiger partial charge in [-0.05, 0) is 83.9 Å². The van der Waals surface area contributed by atoms with Gasteiger partial charge in [-0.25, -0.2) is 19.9 Å². The number of aromatic nitrogens is 7. The Hall–Kier alpha value is -10.2. The topological polar surface area (TPSA) is 66.3 Å². The van der Waals surface area contributed by atoms with Crippen LogP contribution in [0.3, 0.4) is 0 Å². The summed E-state index contributed by atoms with van der Waals surface area (Å²) in [5, 5.41) is 6.79. The van der Waals surface area contributed by atoms with Crippen LogP contribution >= 0.6 is 0 Å². The average molecular weight is 958 g/mol. The van der Waals surface area contributed by atoms with Crippen LogP contribution in [0.15, 0.2) is 261 Å². The first-order valence-corrected chi connectivity index (χ1v) is 25.3. The minimum Gasteiger partial charge on any atom is -0.309 e. The SMILES string of the molecule is c1ccc(-c2ccc3c(c2)c2ccc(-c4cc(-c5ccccc5)nc(-n5c6ccccc6c6ccc7c8ccccc8n(-c8cccc(-c9cccc(-c%10ccccc%10)n9)n8)c7c65)n4)cc2n3-c2ccccc2)cc1. The van der Waals surface area contributed by atoms with E-state index in [4.69, 9.17) is 19.9 Å². The Balaban J connectivity index is 0.982. The largest absolute Gasteiger partial charge is 0.309 e. The average Bonchev–Trinajstić information content (AvgIpc) is 4.13. The monoisotopic (exact) mass is 957 g/mol. The molecule has 15 aromatic rings. The predicted octanol–water partition coefficient (Wildman–Crippen LogP) is 16.9. The zero-order valence-corrected chi connectivity index (χ0v) is 40.5. The number of pyridine rings is 2. The second-order valence-electron chi connectivity index (χ2n) is 19.0. The predicted molar refractivity (Wildman–Crippen MR) is 308 cm³/mol. The molecular weight excluding hydrogens is 915 g/mol. The number of benzene rings is 9. The molecule has 0 amide bonds. The van der Waals surface area contributed by atoms with Crippen molar-refractivity contribution in [1.29, 1.82) is 0 Å². The maximum absolute atomic E-state index is 5.65. The minimum absolute atomic E-state index is 0.571. The van der Waals surface area contributed by atoms with Crippen LogP contribution in [-0.2, 0) is 0 Å². The van der Waals surface area contributed by atoms with Gasteiger partial charge in [0.05, 0.1) is 61.6 Å². The fraction of sp³-hybridized carbons (Fsp3) is 0. The molecular formula is C68H43N7. The molecule has 0 atom stereocenters. The molecule has 7 nitrogen and oxygen atoms in total. The quantitative estimate of drug-likeness (QED) is 0.152. The maximum Gasteiger partial charge on any atom is 0.235 e. The summed E-state index contributed by atoms with van der Waals surface area (Å²) in [5.41, 5.74) is 16.9. The van der Waals surface area contributed by atoms with E-state index in [0.717, 1.165) is 111 Å². The van der Waals surface area contributed by atoms with Gasteiger partial charge in [0, 0.05) is 54.7 Å². The summed E-state index contributed by atoms with van der Waals surface area (Å²) in [6.07, 6.45) is 0. The molecule has 9 aromatic carbocycles. The van der Waals surface area contributed by atoms with Crippen molar-refractivity contribution in [3.8, 4) is 73.7 Å². The second kappa shape index (κ2) is 17.2. The first kappa shape index (κ1) is 42.4. The number of fused-ring (bicyclic) bond motifs is 10. The molecule has 0 spiro atoms. The van der Waals surface area contributed by atoms with Gasteiger partial charge in [-0.15, -0.1) is 0 Å². The molecule has 0 radical (unpaired) electrons. The van der Waals surface area contributed by atoms with Crippen LogP contribution in [-0.4, -0.2) is 33.6 Å². The van der Waals surface area contributed by atoms with E-state index in [0.29, 0.717) is 5.95 Å². The molecule has 6 heterocycles. The van der Waals surface area contributed by atoms with E-state index in [1.807, 2.05) is 36.4 Å². The highest BCUT2D eigenvalue weighted by Crippen LogP contribution is 2.43. The van der Waals surface area contributed by atoms with Gasteiger partial charge in [0.2, 0.25) is 5.95 Å². The summed E-state index contributed by atoms with van der Waals surface area (Å²) < 4.78 is 6.97. The lowest BCUT2D eigenvalue weighted by atomic mass is 10.0. The fourth-order valence-electron chi connectivity index (χ4n) is 11.3. The summed E-state index contributed by atoms with van der Waals surface area (Å²) in [5.74, 6) is 1.36. The van der Waals surface area contributed by atoms with Gasteiger partial charge < -0.3 is 4.57 Å². The Bertz CT molecular complexity index is 4690. The van der Waals surface area contributed by atoms with Crippen LogP contribution in [0.4, 0.5) is 0 Å². The van der Waals surface area contributed by atoms with Crippen LogP contribution in [0, 0.1) is 0 Å². The Labute approximate surface area is 431 Å². The van der Waals surface area contributed by atoms with E-state index < -0.39 is 0 Å². The normalized spacial score (nSPS) is 11.7. The molecule has 0 bridgehead atoms. The van der Waals surface area contributed by atoms with Crippen molar-refractivity contribution in [3.63, 3.8) is 0 Å². The second-order valence-corrected chi connectivity index (χ2v) is 19.0. The molecule has 0 unspecified atom stereocenters. The zero-order valence-electron chi connectivity index (χ0n) is 40.5. The van der Waals surface area contributed by atoms with Crippen molar-refractivity contribution in [2.45, 2.75) is 0 Å². The van der Waals surface area contributed by atoms with Crippen LogP contribution in [0.1, 0.15) is 0 Å². The smallest absolute Gasteiger partial charge is 0.235 e. The van der Waals surface area contributed by atoms with Crippen molar-refractivity contribution >= 4 is 65.4 Å². The Morgan fingerprint density at radius 2 is 0.720 bits per heavy atom. The van der Waals surface area contributed by atoms with Crippen LogP contribution in [0.2, 0.25) is 0 Å². The summed E-state index contributed by atoms with van der Waals surface area (Å²) >= 11 is 0. The van der Waals surface area contributed by atoms with Crippen LogP contribution in [0.5, 0.6) is 0 Å². The molecule has 0 aliphatic carbocycles. The first-order valence-electron chi connectivity index (χ1n) is 25.3.